The van der Waals surface area contributed by atoms with Crippen molar-refractivity contribution in [3.05, 3.63) is 53.2 Å². The number of fused-ring (bicyclic) bond motifs is 2. The highest BCUT2D eigenvalue weighted by molar-refractivity contribution is 6.01. The molecule has 1 aromatic carbocycles. The van der Waals surface area contributed by atoms with Gasteiger partial charge in [0.2, 0.25) is 0 Å². The molecule has 0 unspecified atom stereocenters. The van der Waals surface area contributed by atoms with Crippen LogP contribution in [0.3, 0.4) is 0 Å². The van der Waals surface area contributed by atoms with Gasteiger partial charge in [0.25, 0.3) is 17.7 Å². The Labute approximate surface area is 192 Å². The van der Waals surface area contributed by atoms with Crippen LogP contribution < -0.4 is 20.7 Å². The second-order valence-corrected chi connectivity index (χ2v) is 8.24. The zero-order chi connectivity index (χ0) is 24.6. The van der Waals surface area contributed by atoms with Crippen molar-refractivity contribution in [2.45, 2.75) is 32.9 Å². The van der Waals surface area contributed by atoms with Gasteiger partial charge in [0.05, 0.1) is 17.4 Å². The summed E-state index contributed by atoms with van der Waals surface area (Å²) in [5.74, 6) is -2.27. The van der Waals surface area contributed by atoms with Gasteiger partial charge in [-0.05, 0) is 38.5 Å². The molecule has 1 aliphatic heterocycles. The molecule has 0 atom stereocenters. The SMILES string of the molecule is CC(=O)C(C)(C)NC(=O)c1cc(C(=O)NCc2ccc3c(c2)NC(=O)CO3)nc2c(F)cnn12. The van der Waals surface area contributed by atoms with E-state index in [1.807, 2.05) is 0 Å². The average molecular weight is 468 g/mol. The molecule has 3 amide bonds. The Bertz CT molecular complexity index is 1350. The van der Waals surface area contributed by atoms with E-state index in [9.17, 15) is 23.6 Å². The van der Waals surface area contributed by atoms with Gasteiger partial charge >= 0.3 is 0 Å². The third-order valence-corrected chi connectivity index (χ3v) is 5.33. The second-order valence-electron chi connectivity index (χ2n) is 8.24. The maximum absolute atomic E-state index is 14.2. The van der Waals surface area contributed by atoms with E-state index in [1.54, 1.807) is 18.2 Å². The molecule has 0 saturated heterocycles. The summed E-state index contributed by atoms with van der Waals surface area (Å²) in [6, 6.07) is 6.21. The van der Waals surface area contributed by atoms with Crippen LogP contribution in [0.25, 0.3) is 5.65 Å². The van der Waals surface area contributed by atoms with E-state index in [2.05, 4.69) is 26.0 Å². The number of ether oxygens (including phenoxy) is 1. The first-order valence-corrected chi connectivity index (χ1v) is 10.3. The second kappa shape index (κ2) is 8.54. The van der Waals surface area contributed by atoms with Gasteiger partial charge in [-0.3, -0.25) is 19.2 Å². The summed E-state index contributed by atoms with van der Waals surface area (Å²) >= 11 is 0. The fraction of sp³-hybridized carbons (Fsp3) is 0.273. The number of ketones is 1. The van der Waals surface area contributed by atoms with Crippen LogP contribution >= 0.6 is 0 Å². The maximum atomic E-state index is 14.2. The number of hydrogen-bond donors (Lipinski definition) is 3. The lowest BCUT2D eigenvalue weighted by Crippen LogP contribution is -2.49. The van der Waals surface area contributed by atoms with Crippen LogP contribution in [0.15, 0.2) is 30.5 Å². The highest BCUT2D eigenvalue weighted by Gasteiger charge is 2.28. The first kappa shape index (κ1) is 22.8. The average Bonchev–Trinajstić information content (AvgIpc) is 3.16. The van der Waals surface area contributed by atoms with Gasteiger partial charge < -0.3 is 20.7 Å². The van der Waals surface area contributed by atoms with Crippen molar-refractivity contribution in [3.63, 3.8) is 0 Å². The molecule has 0 aliphatic carbocycles. The number of rotatable bonds is 6. The zero-order valence-electron chi connectivity index (χ0n) is 18.6. The molecule has 0 bridgehead atoms. The molecular weight excluding hydrogens is 447 g/mol. The first-order chi connectivity index (χ1) is 16.0. The summed E-state index contributed by atoms with van der Waals surface area (Å²) in [6.45, 7) is 4.37. The number of hydrogen-bond acceptors (Lipinski definition) is 7. The number of amides is 3. The van der Waals surface area contributed by atoms with Crippen molar-refractivity contribution in [2.75, 3.05) is 11.9 Å². The number of Topliss-reactive ketones (excluding diaryl/α,β-unsaturated/α-hetero) is 1. The molecule has 3 aromatic rings. The number of nitrogens with zero attached hydrogens (tertiary/aromatic N) is 3. The van der Waals surface area contributed by atoms with Crippen LogP contribution in [0, 0.1) is 5.82 Å². The smallest absolute Gasteiger partial charge is 0.270 e. The Morgan fingerprint density at radius 1 is 1.24 bits per heavy atom. The van der Waals surface area contributed by atoms with E-state index in [-0.39, 0.29) is 41.9 Å². The summed E-state index contributed by atoms with van der Waals surface area (Å²) in [6.07, 6.45) is 0.875. The minimum Gasteiger partial charge on any atom is -0.482 e. The highest BCUT2D eigenvalue weighted by Crippen LogP contribution is 2.28. The first-order valence-electron chi connectivity index (χ1n) is 10.3. The number of benzene rings is 1. The molecule has 1 aliphatic rings. The van der Waals surface area contributed by atoms with Crippen LogP contribution in [-0.4, -0.2) is 50.2 Å². The lowest BCUT2D eigenvalue weighted by Gasteiger charge is -2.23. The Kier molecular flexibility index (Phi) is 5.73. The van der Waals surface area contributed by atoms with Crippen LogP contribution in [0.1, 0.15) is 47.3 Å². The zero-order valence-corrected chi connectivity index (χ0v) is 18.6. The van der Waals surface area contributed by atoms with E-state index in [1.165, 1.54) is 26.8 Å². The summed E-state index contributed by atoms with van der Waals surface area (Å²) in [4.78, 5) is 52.9. The number of nitrogens with one attached hydrogen (secondary N) is 3. The third kappa shape index (κ3) is 4.42. The molecule has 12 heteroatoms. The van der Waals surface area contributed by atoms with E-state index < -0.39 is 23.2 Å². The van der Waals surface area contributed by atoms with Crippen molar-refractivity contribution in [1.29, 1.82) is 0 Å². The summed E-state index contributed by atoms with van der Waals surface area (Å²) in [5.41, 5.74) is -0.736. The standard InChI is InChI=1S/C22H21FN6O5/c1-11(30)22(2,3)28-21(33)16-7-15(27-19-13(23)9-25-29(16)19)20(32)24-8-12-4-5-17-14(6-12)26-18(31)10-34-17/h4-7,9H,8,10H2,1-3H3,(H,24,32)(H,26,31)(H,28,33). The molecule has 2 aromatic heterocycles. The largest absolute Gasteiger partial charge is 0.482 e. The van der Waals surface area contributed by atoms with Gasteiger partial charge in [-0.25, -0.2) is 13.9 Å². The Morgan fingerprint density at radius 2 is 2.00 bits per heavy atom. The fourth-order valence-electron chi connectivity index (χ4n) is 3.16. The van der Waals surface area contributed by atoms with E-state index in [4.69, 9.17) is 4.74 Å². The number of anilines is 1. The highest BCUT2D eigenvalue weighted by atomic mass is 19.1. The topological polar surface area (TPSA) is 144 Å². The van der Waals surface area contributed by atoms with E-state index in [0.717, 1.165) is 10.7 Å². The molecule has 0 fully saturated rings. The third-order valence-electron chi connectivity index (χ3n) is 5.33. The monoisotopic (exact) mass is 468 g/mol. The van der Waals surface area contributed by atoms with Crippen LogP contribution in [-0.2, 0) is 16.1 Å². The molecule has 0 radical (unpaired) electrons. The van der Waals surface area contributed by atoms with Gasteiger partial charge in [0.15, 0.2) is 23.9 Å². The Balaban J connectivity index is 1.58. The van der Waals surface area contributed by atoms with Gasteiger partial charge in [0.1, 0.15) is 17.1 Å². The van der Waals surface area contributed by atoms with Crippen molar-refractivity contribution >= 4 is 34.8 Å². The van der Waals surface area contributed by atoms with Gasteiger partial charge in [-0.2, -0.15) is 5.10 Å². The summed E-state index contributed by atoms with van der Waals surface area (Å²) in [7, 11) is 0. The Morgan fingerprint density at radius 3 is 2.74 bits per heavy atom. The summed E-state index contributed by atoms with van der Waals surface area (Å²) < 4.78 is 20.5. The van der Waals surface area contributed by atoms with Crippen molar-refractivity contribution in [2.24, 2.45) is 0 Å². The molecule has 11 nitrogen and oxygen atoms in total. The number of carbonyl (C=O) groups excluding carboxylic acids is 4. The molecule has 176 valence electrons. The number of halogens is 1. The predicted octanol–water partition coefficient (Wildman–Crippen LogP) is 1.23. The molecule has 3 N–H and O–H groups in total. The van der Waals surface area contributed by atoms with Crippen LogP contribution in [0.2, 0.25) is 0 Å². The van der Waals surface area contributed by atoms with Crippen LogP contribution in [0.5, 0.6) is 5.75 Å². The van der Waals surface area contributed by atoms with Crippen molar-refractivity contribution in [1.82, 2.24) is 25.2 Å². The quantitative estimate of drug-likeness (QED) is 0.494. The van der Waals surface area contributed by atoms with Crippen molar-refractivity contribution in [3.8, 4) is 5.75 Å². The lowest BCUT2D eigenvalue weighted by molar-refractivity contribution is -0.121. The van der Waals surface area contributed by atoms with E-state index in [0.29, 0.717) is 17.0 Å². The lowest BCUT2D eigenvalue weighted by atomic mass is 10.0. The molecular formula is C22H21FN6O5. The molecule has 34 heavy (non-hydrogen) atoms. The maximum Gasteiger partial charge on any atom is 0.270 e. The predicted molar refractivity (Wildman–Crippen MR) is 117 cm³/mol. The fourth-order valence-corrected chi connectivity index (χ4v) is 3.16. The number of carbonyl (C=O) groups is 4. The molecule has 4 rings (SSSR count). The Hall–Kier alpha value is -4.35. The minimum absolute atomic E-state index is 0.0650. The van der Waals surface area contributed by atoms with Crippen LogP contribution in [0.4, 0.5) is 10.1 Å². The number of aromatic nitrogens is 3. The normalized spacial score (nSPS) is 13.0. The van der Waals surface area contributed by atoms with Gasteiger partial charge in [0, 0.05) is 12.6 Å². The summed E-state index contributed by atoms with van der Waals surface area (Å²) in [5, 5.41) is 11.7. The minimum atomic E-state index is -1.19. The van der Waals surface area contributed by atoms with Gasteiger partial charge in [-0.15, -0.1) is 0 Å². The van der Waals surface area contributed by atoms with Gasteiger partial charge in [-0.1, -0.05) is 6.07 Å². The molecule has 3 heterocycles. The van der Waals surface area contributed by atoms with Crippen molar-refractivity contribution < 1.29 is 28.3 Å². The molecule has 0 spiro atoms. The molecule has 0 saturated carbocycles. The van der Waals surface area contributed by atoms with E-state index >= 15 is 0 Å².